The van der Waals surface area contributed by atoms with Crippen LogP contribution in [-0.2, 0) is 19.4 Å². The van der Waals surface area contributed by atoms with Gasteiger partial charge in [-0.25, -0.2) is 9.67 Å². The first-order valence-corrected chi connectivity index (χ1v) is 11.1. The van der Waals surface area contributed by atoms with E-state index in [1.54, 1.807) is 0 Å². The van der Waals surface area contributed by atoms with Gasteiger partial charge >= 0.3 is 0 Å². The fourth-order valence-corrected chi connectivity index (χ4v) is 3.85. The second-order valence-corrected chi connectivity index (χ2v) is 8.14. The molecule has 0 fully saturated rings. The Kier molecular flexibility index (Phi) is 6.25. The van der Waals surface area contributed by atoms with Crippen molar-refractivity contribution in [1.29, 1.82) is 0 Å². The van der Waals surface area contributed by atoms with E-state index < -0.39 is 0 Å². The molecule has 0 spiro atoms. The lowest BCUT2D eigenvalue weighted by Gasteiger charge is -2.15. The predicted octanol–water partition coefficient (Wildman–Crippen LogP) is 4.33. The number of rotatable bonds is 9. The van der Waals surface area contributed by atoms with Gasteiger partial charge in [0.25, 0.3) is 0 Å². The van der Waals surface area contributed by atoms with E-state index in [1.165, 1.54) is 11.3 Å². The van der Waals surface area contributed by atoms with Gasteiger partial charge in [0.05, 0.1) is 12.2 Å². The van der Waals surface area contributed by atoms with E-state index in [1.807, 2.05) is 0 Å². The largest absolute Gasteiger partial charge is 0.310 e. The summed E-state index contributed by atoms with van der Waals surface area (Å²) in [5, 5.41) is 19.4. The molecule has 4 aromatic rings. The number of hydrogen-bond acceptors (Lipinski definition) is 5. The minimum atomic E-state index is 0.365. The van der Waals surface area contributed by atoms with E-state index in [4.69, 9.17) is 10.1 Å². The van der Waals surface area contributed by atoms with Gasteiger partial charge in [-0.15, -0.1) is 10.2 Å². The molecule has 0 aliphatic carbocycles. The number of aromatic amines is 1. The van der Waals surface area contributed by atoms with Crippen molar-refractivity contribution in [2.75, 3.05) is 0 Å². The van der Waals surface area contributed by atoms with E-state index in [2.05, 4.69) is 94.0 Å². The number of nitrogens with one attached hydrogen (secondary N) is 1. The van der Waals surface area contributed by atoms with Crippen LogP contribution in [0, 0.1) is 0 Å². The number of hydrogen-bond donors (Lipinski definition) is 1. The van der Waals surface area contributed by atoms with Crippen molar-refractivity contribution in [3.63, 3.8) is 0 Å². The van der Waals surface area contributed by atoms with Crippen molar-refractivity contribution in [2.24, 2.45) is 0 Å². The highest BCUT2D eigenvalue weighted by Gasteiger charge is 2.17. The zero-order valence-electron chi connectivity index (χ0n) is 18.7. The molecular formula is C23H30N8. The summed E-state index contributed by atoms with van der Waals surface area (Å²) >= 11 is 0. The number of aryl methyl sites for hydroxylation is 2. The van der Waals surface area contributed by atoms with Crippen LogP contribution in [0.15, 0.2) is 36.4 Å². The number of nitrogens with zero attached hydrogens (tertiary/aromatic N) is 7. The number of tetrazole rings is 1. The molecule has 1 N–H and O–H groups in total. The molecule has 0 unspecified atom stereocenters. The topological polar surface area (TPSA) is 90.1 Å². The minimum Gasteiger partial charge on any atom is -0.310 e. The highest BCUT2D eigenvalue weighted by molar-refractivity contribution is 5.57. The van der Waals surface area contributed by atoms with Crippen LogP contribution < -0.4 is 0 Å². The van der Waals surface area contributed by atoms with Gasteiger partial charge in [-0.3, -0.25) is 0 Å². The van der Waals surface area contributed by atoms with Crippen molar-refractivity contribution in [2.45, 2.75) is 65.8 Å². The minimum absolute atomic E-state index is 0.365. The molecular weight excluding hydrogens is 388 g/mol. The lowest BCUT2D eigenvalue weighted by atomic mass is 10.1. The fourth-order valence-electron chi connectivity index (χ4n) is 3.85. The Bertz CT molecular complexity index is 1100. The van der Waals surface area contributed by atoms with Gasteiger partial charge in [0.2, 0.25) is 5.82 Å². The molecule has 0 saturated heterocycles. The Labute approximate surface area is 182 Å². The quantitative estimate of drug-likeness (QED) is 0.437. The molecule has 0 bridgehead atoms. The molecule has 0 atom stereocenters. The lowest BCUT2D eigenvalue weighted by Crippen LogP contribution is -2.08. The summed E-state index contributed by atoms with van der Waals surface area (Å²) in [5.41, 5.74) is 4.42. The molecule has 8 heteroatoms. The molecule has 8 nitrogen and oxygen atoms in total. The first-order chi connectivity index (χ1) is 15.1. The average Bonchev–Trinajstić information content (AvgIpc) is 3.49. The summed E-state index contributed by atoms with van der Waals surface area (Å²) in [6.45, 7) is 9.45. The zero-order chi connectivity index (χ0) is 21.8. The number of aromatic nitrogens is 8. The SMILES string of the molecule is CCCc1nc(CCC)n(Cc2ccc(-n3c(-c4nn[nH]n4)ccc3C(C)C)cc2)n1. The van der Waals surface area contributed by atoms with Gasteiger partial charge in [0.15, 0.2) is 5.82 Å². The maximum Gasteiger partial charge on any atom is 0.221 e. The summed E-state index contributed by atoms with van der Waals surface area (Å²) in [4.78, 5) is 4.74. The first-order valence-electron chi connectivity index (χ1n) is 11.1. The van der Waals surface area contributed by atoms with Crippen molar-refractivity contribution < 1.29 is 0 Å². The van der Waals surface area contributed by atoms with E-state index >= 15 is 0 Å². The van der Waals surface area contributed by atoms with Crippen LogP contribution in [0.2, 0.25) is 0 Å². The summed E-state index contributed by atoms with van der Waals surface area (Å²) in [5.74, 6) is 2.97. The third-order valence-electron chi connectivity index (χ3n) is 5.34. The smallest absolute Gasteiger partial charge is 0.221 e. The van der Waals surface area contributed by atoms with Gasteiger partial charge in [-0.2, -0.15) is 10.3 Å². The van der Waals surface area contributed by atoms with Crippen LogP contribution in [0.3, 0.4) is 0 Å². The van der Waals surface area contributed by atoms with Crippen LogP contribution >= 0.6 is 0 Å². The molecule has 0 aliphatic heterocycles. The summed E-state index contributed by atoms with van der Waals surface area (Å²) in [6.07, 6.45) is 3.99. The Hall–Kier alpha value is -3.29. The number of H-pyrrole nitrogens is 1. The van der Waals surface area contributed by atoms with Crippen molar-refractivity contribution in [1.82, 2.24) is 40.0 Å². The molecule has 4 rings (SSSR count). The molecule has 31 heavy (non-hydrogen) atoms. The third-order valence-corrected chi connectivity index (χ3v) is 5.34. The molecule has 3 aromatic heterocycles. The molecule has 0 radical (unpaired) electrons. The first kappa shape index (κ1) is 21.0. The highest BCUT2D eigenvalue weighted by atomic mass is 15.5. The van der Waals surface area contributed by atoms with Crippen LogP contribution in [0.1, 0.15) is 69.4 Å². The Balaban J connectivity index is 1.64. The predicted molar refractivity (Wildman–Crippen MR) is 120 cm³/mol. The zero-order valence-corrected chi connectivity index (χ0v) is 18.7. The van der Waals surface area contributed by atoms with Crippen molar-refractivity contribution >= 4 is 0 Å². The van der Waals surface area contributed by atoms with Gasteiger partial charge in [0, 0.05) is 24.2 Å². The molecule has 1 aromatic carbocycles. The van der Waals surface area contributed by atoms with E-state index in [-0.39, 0.29) is 0 Å². The second-order valence-electron chi connectivity index (χ2n) is 8.14. The Morgan fingerprint density at radius 1 is 0.968 bits per heavy atom. The van der Waals surface area contributed by atoms with Crippen LogP contribution in [0.5, 0.6) is 0 Å². The van der Waals surface area contributed by atoms with Crippen molar-refractivity contribution in [3.8, 4) is 17.2 Å². The van der Waals surface area contributed by atoms with Gasteiger partial charge in [-0.05, 0) is 53.8 Å². The van der Waals surface area contributed by atoms with Crippen LogP contribution in [0.4, 0.5) is 0 Å². The summed E-state index contributed by atoms with van der Waals surface area (Å²) < 4.78 is 4.26. The highest BCUT2D eigenvalue weighted by Crippen LogP contribution is 2.28. The Morgan fingerprint density at radius 2 is 1.74 bits per heavy atom. The normalized spacial score (nSPS) is 11.5. The Morgan fingerprint density at radius 3 is 2.39 bits per heavy atom. The maximum atomic E-state index is 4.74. The van der Waals surface area contributed by atoms with Crippen LogP contribution in [-0.4, -0.2) is 40.0 Å². The average molecular weight is 419 g/mol. The lowest BCUT2D eigenvalue weighted by molar-refractivity contribution is 0.623. The molecule has 0 saturated carbocycles. The van der Waals surface area contributed by atoms with Gasteiger partial charge < -0.3 is 4.57 Å². The van der Waals surface area contributed by atoms with Gasteiger partial charge in [0.1, 0.15) is 5.82 Å². The maximum absolute atomic E-state index is 4.74. The van der Waals surface area contributed by atoms with Crippen LogP contribution in [0.25, 0.3) is 17.2 Å². The van der Waals surface area contributed by atoms with E-state index in [0.717, 1.165) is 55.3 Å². The fraction of sp³-hybridized carbons (Fsp3) is 0.435. The molecule has 3 heterocycles. The molecule has 0 amide bonds. The number of benzene rings is 1. The summed E-state index contributed by atoms with van der Waals surface area (Å²) in [6, 6.07) is 12.8. The van der Waals surface area contributed by atoms with Crippen molar-refractivity contribution in [3.05, 3.63) is 59.3 Å². The second kappa shape index (κ2) is 9.24. The monoisotopic (exact) mass is 418 g/mol. The standard InChI is InChI=1S/C23H30N8/c1-5-7-21-24-22(8-6-2)30(27-21)15-17-9-11-18(12-10-17)31-19(16(3)4)13-14-20(31)23-25-28-29-26-23/h9-14,16H,5-8,15H2,1-4H3,(H,25,26,28,29). The molecule has 0 aliphatic rings. The van der Waals surface area contributed by atoms with Gasteiger partial charge in [-0.1, -0.05) is 39.8 Å². The summed E-state index contributed by atoms with van der Waals surface area (Å²) in [7, 11) is 0. The molecule has 162 valence electrons. The van der Waals surface area contributed by atoms with E-state index in [0.29, 0.717) is 11.7 Å². The van der Waals surface area contributed by atoms with E-state index in [9.17, 15) is 0 Å². The third kappa shape index (κ3) is 4.42.